The fraction of sp³-hybridized carbons (Fsp3) is 0.667. The highest BCUT2D eigenvalue weighted by molar-refractivity contribution is 7.89. The molecule has 7 heteroatoms. The molecule has 0 spiro atoms. The summed E-state index contributed by atoms with van der Waals surface area (Å²) < 4.78 is 27.9. The number of rotatable bonds is 5. The van der Waals surface area contributed by atoms with Crippen LogP contribution in [0.25, 0.3) is 0 Å². The first-order valence-corrected chi connectivity index (χ1v) is 11.3. The standard InChI is InChI=1S/C18H26Cl2N2O2S/c1-13-10-18(17(20)11-16(13)19)25(23,24)21-12-14-6-8-22(9-7-14)15-4-2-3-5-15/h10-11,14-15,21H,2-9,12H2,1H3. The van der Waals surface area contributed by atoms with Crippen LogP contribution in [0.2, 0.25) is 10.0 Å². The van der Waals surface area contributed by atoms with Crippen LogP contribution in [0.1, 0.15) is 44.1 Å². The zero-order valence-electron chi connectivity index (χ0n) is 14.6. The van der Waals surface area contributed by atoms with Crippen molar-refractivity contribution in [2.45, 2.75) is 56.4 Å². The molecule has 1 aliphatic carbocycles. The molecular weight excluding hydrogens is 379 g/mol. The highest BCUT2D eigenvalue weighted by Crippen LogP contribution is 2.29. The second kappa shape index (κ2) is 8.13. The van der Waals surface area contributed by atoms with Gasteiger partial charge in [0.25, 0.3) is 0 Å². The molecule has 0 atom stereocenters. The van der Waals surface area contributed by atoms with Crippen molar-refractivity contribution in [3.05, 3.63) is 27.7 Å². The number of piperidine rings is 1. The summed E-state index contributed by atoms with van der Waals surface area (Å²) in [7, 11) is -3.61. The second-order valence-corrected chi connectivity index (χ2v) is 9.85. The van der Waals surface area contributed by atoms with E-state index in [1.165, 1.54) is 37.8 Å². The molecule has 3 rings (SSSR count). The van der Waals surface area contributed by atoms with Crippen molar-refractivity contribution in [2.24, 2.45) is 5.92 Å². The van der Waals surface area contributed by atoms with E-state index in [1.54, 1.807) is 6.92 Å². The molecular formula is C18H26Cl2N2O2S. The van der Waals surface area contributed by atoms with Gasteiger partial charge in [0.05, 0.1) is 5.02 Å². The molecule has 1 N–H and O–H groups in total. The number of aryl methyl sites for hydroxylation is 1. The van der Waals surface area contributed by atoms with Crippen LogP contribution in [0.4, 0.5) is 0 Å². The van der Waals surface area contributed by atoms with Crippen LogP contribution >= 0.6 is 23.2 Å². The molecule has 0 unspecified atom stereocenters. The van der Waals surface area contributed by atoms with Gasteiger partial charge in [-0.05, 0) is 69.3 Å². The van der Waals surface area contributed by atoms with Gasteiger partial charge in [-0.3, -0.25) is 0 Å². The van der Waals surface area contributed by atoms with Gasteiger partial charge in [0.1, 0.15) is 4.90 Å². The van der Waals surface area contributed by atoms with Crippen molar-refractivity contribution in [3.8, 4) is 0 Å². The molecule has 140 valence electrons. The Morgan fingerprint density at radius 2 is 1.72 bits per heavy atom. The maximum Gasteiger partial charge on any atom is 0.242 e. The fourth-order valence-electron chi connectivity index (χ4n) is 3.93. The van der Waals surface area contributed by atoms with E-state index in [9.17, 15) is 8.42 Å². The van der Waals surface area contributed by atoms with E-state index >= 15 is 0 Å². The minimum atomic E-state index is -3.61. The maximum atomic E-state index is 12.6. The van der Waals surface area contributed by atoms with E-state index in [0.29, 0.717) is 23.0 Å². The van der Waals surface area contributed by atoms with Gasteiger partial charge in [-0.15, -0.1) is 0 Å². The lowest BCUT2D eigenvalue weighted by Gasteiger charge is -2.36. The van der Waals surface area contributed by atoms with E-state index in [0.717, 1.165) is 32.0 Å². The molecule has 25 heavy (non-hydrogen) atoms. The predicted molar refractivity (Wildman–Crippen MR) is 103 cm³/mol. The SMILES string of the molecule is Cc1cc(S(=O)(=O)NCC2CCN(C3CCCC3)CC2)c(Cl)cc1Cl. The van der Waals surface area contributed by atoms with Gasteiger partial charge in [0, 0.05) is 17.6 Å². The summed E-state index contributed by atoms with van der Waals surface area (Å²) in [5, 5.41) is 0.641. The maximum absolute atomic E-state index is 12.6. The average molecular weight is 405 g/mol. The predicted octanol–water partition coefficient (Wildman–Crippen LogP) is 4.23. The molecule has 0 amide bonds. The first kappa shape index (κ1) is 19.4. The van der Waals surface area contributed by atoms with Crippen LogP contribution in [0.5, 0.6) is 0 Å². The monoisotopic (exact) mass is 404 g/mol. The highest BCUT2D eigenvalue weighted by Gasteiger charge is 2.28. The third-order valence-corrected chi connectivity index (χ3v) is 7.85. The van der Waals surface area contributed by atoms with Crippen molar-refractivity contribution in [1.29, 1.82) is 0 Å². The minimum absolute atomic E-state index is 0.111. The Morgan fingerprint density at radius 3 is 2.36 bits per heavy atom. The Kier molecular flexibility index (Phi) is 6.32. The normalized spacial score (nSPS) is 21.1. The van der Waals surface area contributed by atoms with Crippen molar-refractivity contribution in [1.82, 2.24) is 9.62 Å². The summed E-state index contributed by atoms with van der Waals surface area (Å²) in [5.74, 6) is 0.389. The summed E-state index contributed by atoms with van der Waals surface area (Å²) in [6.45, 7) is 4.41. The Morgan fingerprint density at radius 1 is 1.08 bits per heavy atom. The molecule has 4 nitrogen and oxygen atoms in total. The highest BCUT2D eigenvalue weighted by atomic mass is 35.5. The summed E-state index contributed by atoms with van der Waals surface area (Å²) in [5.41, 5.74) is 0.705. The Hall–Kier alpha value is -0.330. The number of likely N-dealkylation sites (tertiary alicyclic amines) is 1. The molecule has 0 radical (unpaired) electrons. The lowest BCUT2D eigenvalue weighted by molar-refractivity contribution is 0.135. The number of sulfonamides is 1. The van der Waals surface area contributed by atoms with Crippen molar-refractivity contribution < 1.29 is 8.42 Å². The van der Waals surface area contributed by atoms with Crippen molar-refractivity contribution in [2.75, 3.05) is 19.6 Å². The van der Waals surface area contributed by atoms with Crippen LogP contribution in [-0.4, -0.2) is 39.0 Å². The molecule has 0 aromatic heterocycles. The van der Waals surface area contributed by atoms with Crippen molar-refractivity contribution >= 4 is 33.2 Å². The summed E-state index contributed by atoms with van der Waals surface area (Å²) in [6.07, 6.45) is 7.45. The first-order chi connectivity index (χ1) is 11.9. The molecule has 1 saturated heterocycles. The van der Waals surface area contributed by atoms with E-state index in [4.69, 9.17) is 23.2 Å². The van der Waals surface area contributed by atoms with Crippen LogP contribution in [-0.2, 0) is 10.0 Å². The van der Waals surface area contributed by atoms with Crippen LogP contribution in [0.3, 0.4) is 0 Å². The molecule has 0 bridgehead atoms. The molecule has 1 heterocycles. The van der Waals surface area contributed by atoms with E-state index in [2.05, 4.69) is 9.62 Å². The average Bonchev–Trinajstić information content (AvgIpc) is 3.11. The minimum Gasteiger partial charge on any atom is -0.300 e. The van der Waals surface area contributed by atoms with Crippen LogP contribution < -0.4 is 4.72 Å². The largest absolute Gasteiger partial charge is 0.300 e. The van der Waals surface area contributed by atoms with Gasteiger partial charge in [-0.2, -0.15) is 0 Å². The number of hydrogen-bond acceptors (Lipinski definition) is 3. The Balaban J connectivity index is 1.55. The summed E-state index contributed by atoms with van der Waals surface area (Å²) in [4.78, 5) is 2.71. The number of hydrogen-bond donors (Lipinski definition) is 1. The quantitative estimate of drug-likeness (QED) is 0.798. The lowest BCUT2D eigenvalue weighted by atomic mass is 9.96. The van der Waals surface area contributed by atoms with Gasteiger partial charge < -0.3 is 4.90 Å². The lowest BCUT2D eigenvalue weighted by Crippen LogP contribution is -2.42. The van der Waals surface area contributed by atoms with Gasteiger partial charge in [0.2, 0.25) is 10.0 Å². The molecule has 1 aromatic carbocycles. The number of benzene rings is 1. The number of nitrogens with zero attached hydrogens (tertiary/aromatic N) is 1. The second-order valence-electron chi connectivity index (χ2n) is 7.30. The van der Waals surface area contributed by atoms with E-state index < -0.39 is 10.0 Å². The molecule has 2 fully saturated rings. The third-order valence-electron chi connectivity index (χ3n) is 5.55. The molecule has 1 aliphatic heterocycles. The van der Waals surface area contributed by atoms with E-state index in [-0.39, 0.29) is 9.92 Å². The van der Waals surface area contributed by atoms with Crippen LogP contribution in [0, 0.1) is 12.8 Å². The fourth-order valence-corrected chi connectivity index (χ4v) is 5.88. The van der Waals surface area contributed by atoms with Gasteiger partial charge in [-0.1, -0.05) is 36.0 Å². The Bertz CT molecular complexity index is 710. The summed E-state index contributed by atoms with van der Waals surface area (Å²) >= 11 is 12.1. The van der Waals surface area contributed by atoms with Crippen LogP contribution in [0.15, 0.2) is 17.0 Å². The van der Waals surface area contributed by atoms with Gasteiger partial charge in [0.15, 0.2) is 0 Å². The smallest absolute Gasteiger partial charge is 0.242 e. The molecule has 2 aliphatic rings. The number of nitrogens with one attached hydrogen (secondary N) is 1. The third kappa shape index (κ3) is 4.69. The molecule has 1 aromatic rings. The van der Waals surface area contributed by atoms with Crippen molar-refractivity contribution in [3.63, 3.8) is 0 Å². The molecule has 1 saturated carbocycles. The topological polar surface area (TPSA) is 49.4 Å². The zero-order valence-corrected chi connectivity index (χ0v) is 16.9. The summed E-state index contributed by atoms with van der Waals surface area (Å²) in [6, 6.07) is 3.79. The Labute approximate surface area is 160 Å². The first-order valence-electron chi connectivity index (χ1n) is 9.06. The number of halogens is 2. The zero-order chi connectivity index (χ0) is 18.0. The van der Waals surface area contributed by atoms with Gasteiger partial charge in [-0.25, -0.2) is 13.1 Å². The van der Waals surface area contributed by atoms with Gasteiger partial charge >= 0.3 is 0 Å². The van der Waals surface area contributed by atoms with E-state index in [1.807, 2.05) is 0 Å².